The summed E-state index contributed by atoms with van der Waals surface area (Å²) in [5.74, 6) is 1.45. The van der Waals surface area contributed by atoms with Crippen LogP contribution in [0.4, 0.5) is 4.79 Å². The number of carbonyl (C=O) groups is 1. The minimum atomic E-state index is -0.108. The maximum Gasteiger partial charge on any atom is 0.315 e. The molecule has 16 heavy (non-hydrogen) atoms. The number of urea groups is 1. The SMILES string of the molecule is O=C(NCc1ccco1)NCC1CCCC1. The number of hydrogen-bond acceptors (Lipinski definition) is 2. The van der Waals surface area contributed by atoms with Crippen molar-refractivity contribution in [2.24, 2.45) is 5.92 Å². The summed E-state index contributed by atoms with van der Waals surface area (Å²) in [7, 11) is 0. The molecule has 4 nitrogen and oxygen atoms in total. The first kappa shape index (κ1) is 11.0. The third kappa shape index (κ3) is 3.29. The average Bonchev–Trinajstić information content (AvgIpc) is 2.96. The monoisotopic (exact) mass is 222 g/mol. The molecule has 88 valence electrons. The molecule has 0 spiro atoms. The normalized spacial score (nSPS) is 16.2. The van der Waals surface area contributed by atoms with Gasteiger partial charge in [0.25, 0.3) is 0 Å². The number of nitrogens with one attached hydrogen (secondary N) is 2. The molecule has 1 aromatic rings. The first-order valence-electron chi connectivity index (χ1n) is 5.88. The molecule has 1 aromatic heterocycles. The van der Waals surface area contributed by atoms with Gasteiger partial charge in [0.1, 0.15) is 5.76 Å². The van der Waals surface area contributed by atoms with Gasteiger partial charge in [0.05, 0.1) is 12.8 Å². The summed E-state index contributed by atoms with van der Waals surface area (Å²) in [5, 5.41) is 5.66. The van der Waals surface area contributed by atoms with Gasteiger partial charge in [0.15, 0.2) is 0 Å². The Balaban J connectivity index is 1.60. The largest absolute Gasteiger partial charge is 0.467 e. The van der Waals surface area contributed by atoms with Gasteiger partial charge in [-0.05, 0) is 30.9 Å². The predicted octanol–water partition coefficient (Wildman–Crippen LogP) is 2.27. The summed E-state index contributed by atoms with van der Waals surface area (Å²) in [6.45, 7) is 1.24. The van der Waals surface area contributed by atoms with Gasteiger partial charge in [0, 0.05) is 6.54 Å². The topological polar surface area (TPSA) is 54.3 Å². The summed E-state index contributed by atoms with van der Waals surface area (Å²) in [6.07, 6.45) is 6.71. The van der Waals surface area contributed by atoms with Crippen molar-refractivity contribution in [3.05, 3.63) is 24.2 Å². The van der Waals surface area contributed by atoms with E-state index in [4.69, 9.17) is 4.42 Å². The Morgan fingerprint density at radius 1 is 1.38 bits per heavy atom. The van der Waals surface area contributed by atoms with Crippen LogP contribution in [-0.4, -0.2) is 12.6 Å². The second-order valence-corrected chi connectivity index (χ2v) is 4.29. The van der Waals surface area contributed by atoms with Gasteiger partial charge in [-0.3, -0.25) is 0 Å². The lowest BCUT2D eigenvalue weighted by atomic mass is 10.1. The number of rotatable bonds is 4. The molecule has 0 aromatic carbocycles. The Kier molecular flexibility index (Phi) is 3.86. The minimum Gasteiger partial charge on any atom is -0.467 e. The lowest BCUT2D eigenvalue weighted by Crippen LogP contribution is -2.37. The van der Waals surface area contributed by atoms with Crippen LogP contribution in [0.2, 0.25) is 0 Å². The fourth-order valence-corrected chi connectivity index (χ4v) is 2.09. The van der Waals surface area contributed by atoms with Gasteiger partial charge in [-0.25, -0.2) is 4.79 Å². The van der Waals surface area contributed by atoms with Gasteiger partial charge in [0.2, 0.25) is 0 Å². The number of hydrogen-bond donors (Lipinski definition) is 2. The third-order valence-electron chi connectivity index (χ3n) is 3.03. The first-order valence-corrected chi connectivity index (χ1v) is 5.88. The van der Waals surface area contributed by atoms with Gasteiger partial charge >= 0.3 is 6.03 Å². The number of carbonyl (C=O) groups excluding carboxylic acids is 1. The van der Waals surface area contributed by atoms with Crippen molar-refractivity contribution in [3.8, 4) is 0 Å². The van der Waals surface area contributed by atoms with Crippen LogP contribution in [0.3, 0.4) is 0 Å². The molecule has 2 amide bonds. The van der Waals surface area contributed by atoms with E-state index in [9.17, 15) is 4.79 Å². The highest BCUT2D eigenvalue weighted by molar-refractivity contribution is 5.73. The van der Waals surface area contributed by atoms with Crippen LogP contribution in [-0.2, 0) is 6.54 Å². The highest BCUT2D eigenvalue weighted by atomic mass is 16.3. The molecule has 0 atom stereocenters. The van der Waals surface area contributed by atoms with E-state index in [0.717, 1.165) is 12.3 Å². The number of amides is 2. The zero-order valence-corrected chi connectivity index (χ0v) is 9.37. The second-order valence-electron chi connectivity index (χ2n) is 4.29. The van der Waals surface area contributed by atoms with Crippen LogP contribution in [0.1, 0.15) is 31.4 Å². The van der Waals surface area contributed by atoms with Crippen LogP contribution >= 0.6 is 0 Å². The van der Waals surface area contributed by atoms with Crippen LogP contribution < -0.4 is 10.6 Å². The third-order valence-corrected chi connectivity index (χ3v) is 3.03. The van der Waals surface area contributed by atoms with E-state index in [1.165, 1.54) is 25.7 Å². The van der Waals surface area contributed by atoms with Gasteiger partial charge in [-0.2, -0.15) is 0 Å². The van der Waals surface area contributed by atoms with Crippen molar-refractivity contribution in [2.75, 3.05) is 6.54 Å². The van der Waals surface area contributed by atoms with Crippen molar-refractivity contribution in [1.29, 1.82) is 0 Å². The maximum absolute atomic E-state index is 11.4. The Hall–Kier alpha value is -1.45. The van der Waals surface area contributed by atoms with E-state index < -0.39 is 0 Å². The Labute approximate surface area is 95.4 Å². The number of furan rings is 1. The summed E-state index contributed by atoms with van der Waals surface area (Å²) in [4.78, 5) is 11.4. The highest BCUT2D eigenvalue weighted by Gasteiger charge is 2.15. The van der Waals surface area contributed by atoms with Crippen molar-refractivity contribution in [2.45, 2.75) is 32.2 Å². The Morgan fingerprint density at radius 2 is 2.19 bits per heavy atom. The van der Waals surface area contributed by atoms with Crippen LogP contribution in [0, 0.1) is 5.92 Å². The Morgan fingerprint density at radius 3 is 2.88 bits per heavy atom. The quantitative estimate of drug-likeness (QED) is 0.821. The molecule has 1 aliphatic rings. The average molecular weight is 222 g/mol. The molecule has 0 radical (unpaired) electrons. The van der Waals surface area contributed by atoms with E-state index in [-0.39, 0.29) is 6.03 Å². The molecular weight excluding hydrogens is 204 g/mol. The van der Waals surface area contributed by atoms with Gasteiger partial charge in [-0.15, -0.1) is 0 Å². The Bertz CT molecular complexity index is 316. The molecule has 1 heterocycles. The minimum absolute atomic E-state index is 0.108. The van der Waals surface area contributed by atoms with E-state index in [0.29, 0.717) is 12.5 Å². The van der Waals surface area contributed by atoms with E-state index >= 15 is 0 Å². The fraction of sp³-hybridized carbons (Fsp3) is 0.583. The second kappa shape index (κ2) is 5.58. The lowest BCUT2D eigenvalue weighted by Gasteiger charge is -2.10. The highest BCUT2D eigenvalue weighted by Crippen LogP contribution is 2.23. The molecule has 0 bridgehead atoms. The van der Waals surface area contributed by atoms with Crippen LogP contribution in [0.5, 0.6) is 0 Å². The molecule has 1 fully saturated rings. The van der Waals surface area contributed by atoms with Crippen molar-refractivity contribution < 1.29 is 9.21 Å². The molecule has 0 unspecified atom stereocenters. The standard InChI is InChI=1S/C12H18N2O2/c15-12(13-8-10-4-1-2-5-10)14-9-11-6-3-7-16-11/h3,6-7,10H,1-2,4-5,8-9H2,(H2,13,14,15). The summed E-state index contributed by atoms with van der Waals surface area (Å²) in [5.41, 5.74) is 0. The molecule has 2 rings (SSSR count). The van der Waals surface area contributed by atoms with E-state index in [1.54, 1.807) is 6.26 Å². The summed E-state index contributed by atoms with van der Waals surface area (Å²) in [6, 6.07) is 3.55. The van der Waals surface area contributed by atoms with Crippen LogP contribution in [0.25, 0.3) is 0 Å². The van der Waals surface area contributed by atoms with Gasteiger partial charge in [-0.1, -0.05) is 12.8 Å². The van der Waals surface area contributed by atoms with Crippen molar-refractivity contribution in [3.63, 3.8) is 0 Å². The zero-order chi connectivity index (χ0) is 11.2. The molecule has 1 saturated carbocycles. The summed E-state index contributed by atoms with van der Waals surface area (Å²) < 4.78 is 5.12. The van der Waals surface area contributed by atoms with Crippen molar-refractivity contribution in [1.82, 2.24) is 10.6 Å². The predicted molar refractivity (Wildman–Crippen MR) is 60.9 cm³/mol. The molecular formula is C12H18N2O2. The summed E-state index contributed by atoms with van der Waals surface area (Å²) >= 11 is 0. The van der Waals surface area contributed by atoms with Crippen molar-refractivity contribution >= 4 is 6.03 Å². The first-order chi connectivity index (χ1) is 7.84. The molecule has 0 saturated heterocycles. The molecule has 0 aliphatic heterocycles. The molecule has 1 aliphatic carbocycles. The maximum atomic E-state index is 11.4. The van der Waals surface area contributed by atoms with E-state index in [2.05, 4.69) is 10.6 Å². The fourth-order valence-electron chi connectivity index (χ4n) is 2.09. The lowest BCUT2D eigenvalue weighted by molar-refractivity contribution is 0.237. The molecule has 2 N–H and O–H groups in total. The van der Waals surface area contributed by atoms with Gasteiger partial charge < -0.3 is 15.1 Å². The molecule has 4 heteroatoms. The smallest absolute Gasteiger partial charge is 0.315 e. The van der Waals surface area contributed by atoms with E-state index in [1.807, 2.05) is 12.1 Å². The van der Waals surface area contributed by atoms with Crippen LogP contribution in [0.15, 0.2) is 22.8 Å². The zero-order valence-electron chi connectivity index (χ0n) is 9.37.